The minimum atomic E-state index is -4.61. The first-order valence-corrected chi connectivity index (χ1v) is 9.92. The summed E-state index contributed by atoms with van der Waals surface area (Å²) in [6.45, 7) is 0.154. The summed E-state index contributed by atoms with van der Waals surface area (Å²) in [5.41, 5.74) is 0.538. The topological polar surface area (TPSA) is 39.4 Å². The van der Waals surface area contributed by atoms with Gasteiger partial charge in [-0.1, -0.05) is 65.3 Å². The van der Waals surface area contributed by atoms with Gasteiger partial charge in [-0.25, -0.2) is 0 Å². The molecular formula is C20H17ClF3N3OS. The summed E-state index contributed by atoms with van der Waals surface area (Å²) >= 11 is 7.35. The third kappa shape index (κ3) is 5.55. The van der Waals surface area contributed by atoms with Crippen LogP contribution in [0, 0.1) is 0 Å². The summed E-state index contributed by atoms with van der Waals surface area (Å²) in [7, 11) is 1.46. The van der Waals surface area contributed by atoms with Crippen LogP contribution in [-0.2, 0) is 30.4 Å². The molecule has 29 heavy (non-hydrogen) atoms. The number of alkyl halides is 3. The molecule has 0 amide bonds. The number of aromatic nitrogens is 2. The molecule has 1 heterocycles. The zero-order valence-corrected chi connectivity index (χ0v) is 16.9. The Balaban J connectivity index is 1.81. The van der Waals surface area contributed by atoms with Crippen LogP contribution in [0.1, 0.15) is 22.4 Å². The molecule has 0 unspecified atom stereocenters. The highest BCUT2D eigenvalue weighted by molar-refractivity contribution is 7.98. The predicted molar refractivity (Wildman–Crippen MR) is 108 cm³/mol. The van der Waals surface area contributed by atoms with E-state index in [1.807, 2.05) is 42.5 Å². The van der Waals surface area contributed by atoms with Gasteiger partial charge in [0.25, 0.3) is 0 Å². The maximum Gasteiger partial charge on any atom is 0.435 e. The molecule has 0 fully saturated rings. The third-order valence-corrected chi connectivity index (χ3v) is 5.53. The van der Waals surface area contributed by atoms with E-state index in [1.54, 1.807) is 12.1 Å². The Labute approximate surface area is 175 Å². The Morgan fingerprint density at radius 2 is 1.83 bits per heavy atom. The van der Waals surface area contributed by atoms with Gasteiger partial charge in [0.1, 0.15) is 11.6 Å². The molecule has 0 atom stereocenters. The van der Waals surface area contributed by atoms with Gasteiger partial charge >= 0.3 is 6.18 Å². The molecule has 9 heteroatoms. The van der Waals surface area contributed by atoms with Crippen molar-refractivity contribution in [3.63, 3.8) is 0 Å². The number of thioether (sulfide) groups is 1. The molecule has 0 aliphatic rings. The fraction of sp³-hybridized carbons (Fsp3) is 0.200. The third-order valence-electron chi connectivity index (χ3n) is 3.95. The number of hydrogen-bond acceptors (Lipinski definition) is 4. The van der Waals surface area contributed by atoms with E-state index in [-0.39, 0.29) is 12.2 Å². The molecule has 0 aliphatic carbocycles. The summed E-state index contributed by atoms with van der Waals surface area (Å²) in [4.78, 5) is 5.17. The molecule has 0 saturated carbocycles. The second-order valence-electron chi connectivity index (χ2n) is 6.06. The molecule has 0 radical (unpaired) electrons. The number of hydrogen-bond donors (Lipinski definition) is 0. The van der Waals surface area contributed by atoms with Crippen LogP contribution in [0.25, 0.3) is 0 Å². The Morgan fingerprint density at radius 3 is 2.52 bits per heavy atom. The van der Waals surface area contributed by atoms with E-state index in [9.17, 15) is 13.2 Å². The molecule has 0 aliphatic heterocycles. The lowest BCUT2D eigenvalue weighted by Crippen LogP contribution is -2.09. The largest absolute Gasteiger partial charge is 0.435 e. The van der Waals surface area contributed by atoms with Crippen molar-refractivity contribution >= 4 is 29.6 Å². The fourth-order valence-electron chi connectivity index (χ4n) is 2.56. The van der Waals surface area contributed by atoms with E-state index in [2.05, 4.69) is 10.3 Å². The summed E-state index contributed by atoms with van der Waals surface area (Å²) in [6.07, 6.45) is -3.55. The maximum atomic E-state index is 13.4. The van der Waals surface area contributed by atoms with Gasteiger partial charge in [-0.2, -0.15) is 18.3 Å². The minimum Gasteiger partial charge on any atom is -0.391 e. The summed E-state index contributed by atoms with van der Waals surface area (Å²) in [5.74, 6) is 0.391. The van der Waals surface area contributed by atoms with Crippen LogP contribution in [0.5, 0.6) is 0 Å². The average Bonchev–Trinajstić information content (AvgIpc) is 3.01. The molecule has 3 aromatic rings. The van der Waals surface area contributed by atoms with Crippen molar-refractivity contribution in [1.29, 1.82) is 0 Å². The first-order valence-electron chi connectivity index (χ1n) is 8.56. The standard InChI is InChI=1S/C20H17ClF3N3OS/c1-27-19(29-13-15-9-5-6-10-17(15)21)16(18(26-27)20(22,23)24)11-25-28-12-14-7-3-2-4-8-14/h2-11H,12-13H2,1H3. The SMILES string of the molecule is Cn1nc(C(F)(F)F)c(C=NOCc2ccccc2)c1SCc1ccccc1Cl. The zero-order valence-electron chi connectivity index (χ0n) is 15.4. The highest BCUT2D eigenvalue weighted by Gasteiger charge is 2.38. The zero-order chi connectivity index (χ0) is 20.9. The van der Waals surface area contributed by atoms with Crippen molar-refractivity contribution in [2.24, 2.45) is 12.2 Å². The molecule has 0 bridgehead atoms. The number of rotatable bonds is 7. The predicted octanol–water partition coefficient (Wildman–Crippen LogP) is 5.94. The van der Waals surface area contributed by atoms with Crippen LogP contribution in [0.3, 0.4) is 0 Å². The Hall–Kier alpha value is -2.45. The fourth-order valence-corrected chi connectivity index (χ4v) is 3.92. The summed E-state index contributed by atoms with van der Waals surface area (Å²) < 4.78 is 41.5. The summed E-state index contributed by atoms with van der Waals surface area (Å²) in [5, 5.41) is 8.26. The van der Waals surface area contributed by atoms with Gasteiger partial charge in [-0.3, -0.25) is 4.68 Å². The van der Waals surface area contributed by atoms with E-state index < -0.39 is 11.9 Å². The van der Waals surface area contributed by atoms with E-state index in [0.29, 0.717) is 15.8 Å². The van der Waals surface area contributed by atoms with Crippen molar-refractivity contribution in [1.82, 2.24) is 9.78 Å². The minimum absolute atomic E-state index is 0.134. The normalized spacial score (nSPS) is 11.9. The van der Waals surface area contributed by atoms with Crippen LogP contribution in [0.4, 0.5) is 13.2 Å². The van der Waals surface area contributed by atoms with Crippen molar-refractivity contribution in [3.05, 3.63) is 82.0 Å². The van der Waals surface area contributed by atoms with Gasteiger partial charge in [0.15, 0.2) is 5.69 Å². The first kappa shape index (κ1) is 21.3. The maximum absolute atomic E-state index is 13.4. The Kier molecular flexibility index (Phi) is 6.87. The van der Waals surface area contributed by atoms with Crippen LogP contribution < -0.4 is 0 Å². The molecule has 0 saturated heterocycles. The molecule has 152 valence electrons. The first-order chi connectivity index (χ1) is 13.9. The Bertz CT molecular complexity index is 990. The molecule has 1 aromatic heterocycles. The monoisotopic (exact) mass is 439 g/mol. The number of oxime groups is 1. The van der Waals surface area contributed by atoms with Gasteiger partial charge in [0.2, 0.25) is 0 Å². The molecule has 0 N–H and O–H groups in total. The van der Waals surface area contributed by atoms with Crippen molar-refractivity contribution in [3.8, 4) is 0 Å². The lowest BCUT2D eigenvalue weighted by atomic mass is 10.2. The highest BCUT2D eigenvalue weighted by atomic mass is 35.5. The average molecular weight is 440 g/mol. The van der Waals surface area contributed by atoms with E-state index >= 15 is 0 Å². The molecule has 3 rings (SSSR count). The van der Waals surface area contributed by atoms with Crippen LogP contribution in [0.2, 0.25) is 5.02 Å². The van der Waals surface area contributed by atoms with Gasteiger partial charge in [-0.05, 0) is 17.2 Å². The quantitative estimate of drug-likeness (QED) is 0.260. The van der Waals surface area contributed by atoms with Crippen LogP contribution in [-0.4, -0.2) is 16.0 Å². The van der Waals surface area contributed by atoms with E-state index in [1.165, 1.54) is 23.5 Å². The lowest BCUT2D eigenvalue weighted by Gasteiger charge is -2.06. The van der Waals surface area contributed by atoms with Crippen molar-refractivity contribution < 1.29 is 18.0 Å². The second kappa shape index (κ2) is 9.37. The van der Waals surface area contributed by atoms with Crippen molar-refractivity contribution in [2.45, 2.75) is 23.6 Å². The number of aryl methyl sites for hydroxylation is 1. The van der Waals surface area contributed by atoms with E-state index in [0.717, 1.165) is 17.3 Å². The van der Waals surface area contributed by atoms with Crippen LogP contribution >= 0.6 is 23.4 Å². The second-order valence-corrected chi connectivity index (χ2v) is 7.43. The van der Waals surface area contributed by atoms with Gasteiger partial charge in [0, 0.05) is 17.8 Å². The lowest BCUT2D eigenvalue weighted by molar-refractivity contribution is -0.141. The molecule has 2 aromatic carbocycles. The number of nitrogens with zero attached hydrogens (tertiary/aromatic N) is 3. The Morgan fingerprint density at radius 1 is 1.14 bits per heavy atom. The van der Waals surface area contributed by atoms with Gasteiger partial charge in [0.05, 0.1) is 11.8 Å². The highest BCUT2D eigenvalue weighted by Crippen LogP contribution is 2.36. The van der Waals surface area contributed by atoms with Crippen molar-refractivity contribution in [2.75, 3.05) is 0 Å². The van der Waals surface area contributed by atoms with Gasteiger partial charge < -0.3 is 4.84 Å². The molecular weight excluding hydrogens is 423 g/mol. The van der Waals surface area contributed by atoms with E-state index in [4.69, 9.17) is 16.4 Å². The number of benzene rings is 2. The van der Waals surface area contributed by atoms with Crippen LogP contribution in [0.15, 0.2) is 64.8 Å². The number of halogens is 4. The van der Waals surface area contributed by atoms with Gasteiger partial charge in [-0.15, -0.1) is 11.8 Å². The smallest absolute Gasteiger partial charge is 0.391 e. The molecule has 4 nitrogen and oxygen atoms in total. The molecule has 0 spiro atoms. The summed E-state index contributed by atoms with van der Waals surface area (Å²) in [6, 6.07) is 16.4.